The highest BCUT2D eigenvalue weighted by atomic mass is 19.4. The molecular weight excluding hydrogens is 532 g/mol. The van der Waals surface area contributed by atoms with Gasteiger partial charge in [-0.15, -0.1) is 0 Å². The number of carboxylic acids is 1. The Hall–Kier alpha value is -2.55. The van der Waals surface area contributed by atoms with Crippen LogP contribution in [0.2, 0.25) is 0 Å². The van der Waals surface area contributed by atoms with Crippen LogP contribution in [-0.2, 0) is 11.0 Å². The molecule has 0 radical (unpaired) electrons. The minimum atomic E-state index is -4.50. The first-order chi connectivity index (χ1) is 18.6. The summed E-state index contributed by atoms with van der Waals surface area (Å²) in [4.78, 5) is 14.2. The molecule has 0 amide bonds. The molecule has 1 aliphatic heterocycles. The second kappa shape index (κ2) is 13.0. The van der Waals surface area contributed by atoms with E-state index >= 15 is 0 Å². The number of halogens is 6. The first-order valence-corrected chi connectivity index (χ1v) is 13.9. The van der Waals surface area contributed by atoms with Crippen molar-refractivity contribution in [3.05, 3.63) is 59.2 Å². The quantitative estimate of drug-likeness (QED) is 0.289. The number of carbonyl (C=O) groups is 1. The number of alkyl halides is 6. The fourth-order valence-corrected chi connectivity index (χ4v) is 5.59. The highest BCUT2D eigenvalue weighted by molar-refractivity contribution is 5.78. The van der Waals surface area contributed by atoms with E-state index in [0.29, 0.717) is 35.4 Å². The predicted molar refractivity (Wildman–Crippen MR) is 144 cm³/mol. The van der Waals surface area contributed by atoms with Gasteiger partial charge in [0.2, 0.25) is 0 Å². The van der Waals surface area contributed by atoms with E-state index in [1.807, 2.05) is 19.9 Å². The van der Waals surface area contributed by atoms with Crippen LogP contribution in [0.3, 0.4) is 0 Å². The molecule has 0 bridgehead atoms. The Morgan fingerprint density at radius 3 is 1.98 bits per heavy atom. The van der Waals surface area contributed by atoms with Crippen LogP contribution in [0.25, 0.3) is 11.1 Å². The van der Waals surface area contributed by atoms with Gasteiger partial charge in [-0.3, -0.25) is 9.69 Å². The lowest BCUT2D eigenvalue weighted by Gasteiger charge is -2.39. The van der Waals surface area contributed by atoms with Gasteiger partial charge in [0.1, 0.15) is 0 Å². The molecule has 2 aromatic carbocycles. The molecule has 0 spiro atoms. The summed E-state index contributed by atoms with van der Waals surface area (Å²) < 4.78 is 80.0. The van der Waals surface area contributed by atoms with Gasteiger partial charge < -0.3 is 5.11 Å². The van der Waals surface area contributed by atoms with Crippen LogP contribution in [0, 0.1) is 17.8 Å². The Morgan fingerprint density at radius 2 is 1.50 bits per heavy atom. The minimum Gasteiger partial charge on any atom is -0.481 e. The average Bonchev–Trinajstić information content (AvgIpc) is 2.86. The summed E-state index contributed by atoms with van der Waals surface area (Å²) in [6.07, 6.45) is -6.90. The summed E-state index contributed by atoms with van der Waals surface area (Å²) in [5, 5.41) is 9.96. The molecule has 0 aliphatic carbocycles. The molecule has 222 valence electrons. The van der Waals surface area contributed by atoms with Crippen LogP contribution in [-0.4, -0.2) is 35.2 Å². The van der Waals surface area contributed by atoms with Gasteiger partial charge in [0.05, 0.1) is 17.4 Å². The Balaban J connectivity index is 2.11. The number of hydrogen-bond donors (Lipinski definition) is 1. The Kier molecular flexibility index (Phi) is 10.4. The zero-order valence-electron chi connectivity index (χ0n) is 23.4. The van der Waals surface area contributed by atoms with Gasteiger partial charge in [0.15, 0.2) is 0 Å². The second-order valence-electron chi connectivity index (χ2n) is 11.8. The van der Waals surface area contributed by atoms with Gasteiger partial charge in [0.25, 0.3) is 0 Å². The fraction of sp³-hybridized carbons (Fsp3) is 0.581. The third kappa shape index (κ3) is 8.24. The van der Waals surface area contributed by atoms with Crippen LogP contribution in [0.4, 0.5) is 26.3 Å². The second-order valence-corrected chi connectivity index (χ2v) is 11.8. The Bertz CT molecular complexity index is 1120. The third-order valence-electron chi connectivity index (χ3n) is 7.82. The molecule has 1 aliphatic rings. The summed E-state index contributed by atoms with van der Waals surface area (Å²) in [5.74, 6) is -2.68. The number of benzene rings is 2. The summed E-state index contributed by atoms with van der Waals surface area (Å²) in [6, 6.07) is 9.88. The SMILES string of the molecule is CC(C)CCC(c1ccc(C(CC(C)C)C(=O)O)cc1-c1ccc(C(F)(F)F)cc1)N1CCC(C(F)(F)F)CC1. The van der Waals surface area contributed by atoms with Crippen molar-refractivity contribution in [1.29, 1.82) is 0 Å². The van der Waals surface area contributed by atoms with Crippen LogP contribution in [0.15, 0.2) is 42.5 Å². The highest BCUT2D eigenvalue weighted by Gasteiger charge is 2.42. The number of aliphatic carboxylic acids is 1. The number of carboxylic acid groups (broad SMARTS) is 1. The molecule has 1 heterocycles. The van der Waals surface area contributed by atoms with Crippen LogP contribution < -0.4 is 0 Å². The molecule has 2 unspecified atom stereocenters. The van der Waals surface area contributed by atoms with E-state index < -0.39 is 35.7 Å². The van der Waals surface area contributed by atoms with Crippen molar-refractivity contribution in [2.75, 3.05) is 13.1 Å². The number of rotatable bonds is 10. The van der Waals surface area contributed by atoms with Crippen LogP contribution >= 0.6 is 0 Å². The maximum Gasteiger partial charge on any atom is 0.416 e. The normalized spacial score (nSPS) is 17.4. The van der Waals surface area contributed by atoms with E-state index in [9.17, 15) is 36.2 Å². The summed E-state index contributed by atoms with van der Waals surface area (Å²) >= 11 is 0. The van der Waals surface area contributed by atoms with Gasteiger partial charge in [-0.05, 0) is 97.5 Å². The van der Waals surface area contributed by atoms with Crippen molar-refractivity contribution in [3.8, 4) is 11.1 Å². The van der Waals surface area contributed by atoms with E-state index in [-0.39, 0.29) is 37.9 Å². The molecular formula is C31H39F6NO2. The zero-order chi connectivity index (χ0) is 29.8. The van der Waals surface area contributed by atoms with Gasteiger partial charge in [-0.1, -0.05) is 52.0 Å². The summed E-state index contributed by atoms with van der Waals surface area (Å²) in [6.45, 7) is 8.49. The summed E-state index contributed by atoms with van der Waals surface area (Å²) in [5.41, 5.74) is 1.69. The van der Waals surface area contributed by atoms with Crippen LogP contribution in [0.5, 0.6) is 0 Å². The third-order valence-corrected chi connectivity index (χ3v) is 7.82. The van der Waals surface area contributed by atoms with E-state index in [1.54, 1.807) is 12.1 Å². The number of piperidine rings is 1. The number of nitrogens with zero attached hydrogens (tertiary/aromatic N) is 1. The average molecular weight is 572 g/mol. The lowest BCUT2D eigenvalue weighted by molar-refractivity contribution is -0.186. The Morgan fingerprint density at radius 1 is 0.900 bits per heavy atom. The van der Waals surface area contributed by atoms with E-state index in [1.165, 1.54) is 12.1 Å². The molecule has 3 nitrogen and oxygen atoms in total. The minimum absolute atomic E-state index is 0.00908. The van der Waals surface area contributed by atoms with E-state index in [4.69, 9.17) is 0 Å². The van der Waals surface area contributed by atoms with Crippen molar-refractivity contribution in [3.63, 3.8) is 0 Å². The largest absolute Gasteiger partial charge is 0.481 e. The molecule has 1 saturated heterocycles. The molecule has 1 N–H and O–H groups in total. The van der Waals surface area contributed by atoms with Gasteiger partial charge in [0, 0.05) is 6.04 Å². The van der Waals surface area contributed by atoms with Gasteiger partial charge in [-0.2, -0.15) is 26.3 Å². The Labute approximate surface area is 232 Å². The van der Waals surface area contributed by atoms with Gasteiger partial charge in [-0.25, -0.2) is 0 Å². The van der Waals surface area contributed by atoms with Crippen molar-refractivity contribution in [2.24, 2.45) is 17.8 Å². The highest BCUT2D eigenvalue weighted by Crippen LogP contribution is 2.42. The predicted octanol–water partition coefficient (Wildman–Crippen LogP) is 9.34. The molecule has 0 saturated carbocycles. The van der Waals surface area contributed by atoms with Crippen molar-refractivity contribution < 1.29 is 36.2 Å². The van der Waals surface area contributed by atoms with E-state index in [2.05, 4.69) is 18.7 Å². The maximum atomic E-state index is 13.4. The molecule has 2 atom stereocenters. The molecule has 40 heavy (non-hydrogen) atoms. The molecule has 2 aromatic rings. The first kappa shape index (κ1) is 32.0. The molecule has 0 aromatic heterocycles. The number of hydrogen-bond acceptors (Lipinski definition) is 2. The van der Waals surface area contributed by atoms with Crippen molar-refractivity contribution in [1.82, 2.24) is 4.90 Å². The molecule has 9 heteroatoms. The summed E-state index contributed by atoms with van der Waals surface area (Å²) in [7, 11) is 0. The smallest absolute Gasteiger partial charge is 0.416 e. The van der Waals surface area contributed by atoms with Crippen molar-refractivity contribution in [2.45, 2.75) is 84.1 Å². The number of likely N-dealkylation sites (tertiary alicyclic amines) is 1. The van der Waals surface area contributed by atoms with Crippen molar-refractivity contribution >= 4 is 5.97 Å². The lowest BCUT2D eigenvalue weighted by atomic mass is 9.83. The fourth-order valence-electron chi connectivity index (χ4n) is 5.59. The van der Waals surface area contributed by atoms with Gasteiger partial charge >= 0.3 is 18.3 Å². The maximum absolute atomic E-state index is 13.4. The van der Waals surface area contributed by atoms with Crippen LogP contribution in [0.1, 0.15) is 88.4 Å². The van der Waals surface area contributed by atoms with E-state index in [0.717, 1.165) is 24.1 Å². The molecule has 3 rings (SSSR count). The standard InChI is InChI=1S/C31H39F6NO2/c1-19(2)5-12-28(38-15-13-24(14-16-38)31(35,36)37)25-11-8-22(27(29(39)40)17-20(3)4)18-26(25)21-6-9-23(10-7-21)30(32,33)34/h6-11,18-20,24,27-28H,5,12-17H2,1-4H3,(H,39,40). The zero-order valence-corrected chi connectivity index (χ0v) is 23.4. The first-order valence-electron chi connectivity index (χ1n) is 13.9. The topological polar surface area (TPSA) is 40.5 Å². The molecule has 1 fully saturated rings. The monoisotopic (exact) mass is 571 g/mol. The lowest BCUT2D eigenvalue weighted by Crippen LogP contribution is -2.41.